The summed E-state index contributed by atoms with van der Waals surface area (Å²) in [5.74, 6) is -0.183. The minimum Gasteiger partial charge on any atom is -0.324 e. The third-order valence-corrected chi connectivity index (χ3v) is 6.02. The van der Waals surface area contributed by atoms with Crippen molar-refractivity contribution in [3.8, 4) is 10.6 Å². The predicted molar refractivity (Wildman–Crippen MR) is 121 cm³/mol. The number of para-hydroxylation sites is 1. The summed E-state index contributed by atoms with van der Waals surface area (Å²) < 4.78 is 2.62. The van der Waals surface area contributed by atoms with Crippen molar-refractivity contribution in [2.24, 2.45) is 0 Å². The van der Waals surface area contributed by atoms with Crippen LogP contribution in [-0.2, 0) is 11.2 Å². The van der Waals surface area contributed by atoms with E-state index in [1.165, 1.54) is 11.0 Å². The third-order valence-electron chi connectivity index (χ3n) is 4.93. The molecule has 5 rings (SSSR count). The smallest absolute Gasteiger partial charge is 0.249 e. The molecule has 0 aliphatic rings. The predicted octanol–water partition coefficient (Wildman–Crippen LogP) is 4.37. The van der Waals surface area contributed by atoms with Crippen LogP contribution >= 0.6 is 11.3 Å². The summed E-state index contributed by atoms with van der Waals surface area (Å²) in [6.07, 6.45) is 1.94. The first kappa shape index (κ1) is 19.1. The normalized spacial score (nSPS) is 12.0. The van der Waals surface area contributed by atoms with E-state index in [4.69, 9.17) is 4.98 Å². The summed E-state index contributed by atoms with van der Waals surface area (Å²) in [6, 6.07) is 25.0. The third kappa shape index (κ3) is 4.19. The van der Waals surface area contributed by atoms with Gasteiger partial charge in [-0.25, -0.2) is 9.67 Å². The number of anilines is 1. The number of tetrazole rings is 1. The van der Waals surface area contributed by atoms with E-state index < -0.39 is 6.04 Å². The van der Waals surface area contributed by atoms with Crippen molar-refractivity contribution < 1.29 is 4.79 Å². The van der Waals surface area contributed by atoms with Crippen molar-refractivity contribution in [3.63, 3.8) is 0 Å². The van der Waals surface area contributed by atoms with Gasteiger partial charge in [-0.1, -0.05) is 54.6 Å². The fourth-order valence-electron chi connectivity index (χ4n) is 3.41. The quantitative estimate of drug-likeness (QED) is 0.436. The van der Waals surface area contributed by atoms with Gasteiger partial charge in [-0.3, -0.25) is 4.79 Å². The largest absolute Gasteiger partial charge is 0.324 e. The summed E-state index contributed by atoms with van der Waals surface area (Å²) in [6.45, 7) is 0. The Bertz CT molecular complexity index is 1280. The highest BCUT2D eigenvalue weighted by Gasteiger charge is 2.22. The van der Waals surface area contributed by atoms with Gasteiger partial charge in [0.15, 0.2) is 0 Å². The first-order chi connectivity index (χ1) is 15.3. The van der Waals surface area contributed by atoms with Gasteiger partial charge in [0, 0.05) is 17.7 Å². The van der Waals surface area contributed by atoms with Crippen molar-refractivity contribution in [2.75, 3.05) is 5.32 Å². The number of carbonyl (C=O) groups excluding carboxylic acids is 1. The molecule has 3 aromatic carbocycles. The average Bonchev–Trinajstić information content (AvgIpc) is 3.48. The molecule has 0 bridgehead atoms. The first-order valence-corrected chi connectivity index (χ1v) is 10.6. The second-order valence-corrected chi connectivity index (χ2v) is 8.08. The number of rotatable bonds is 6. The maximum Gasteiger partial charge on any atom is 0.249 e. The van der Waals surface area contributed by atoms with E-state index in [-0.39, 0.29) is 5.91 Å². The number of nitrogens with zero attached hydrogens (tertiary/aromatic N) is 5. The summed E-state index contributed by atoms with van der Waals surface area (Å²) in [5.41, 5.74) is 3.66. The number of carbonyl (C=O) groups is 1. The standard InChI is InChI=1S/C23H18N6OS/c30-22(20(29-15-24-27-28-29)13-16-7-2-1-3-8-16)25-18-10-6-9-17(14-18)23-26-19-11-4-5-12-21(19)31-23/h1-12,14-15,20H,13H2,(H,25,30). The van der Waals surface area contributed by atoms with Crippen LogP contribution in [0.15, 0.2) is 85.2 Å². The number of aromatic nitrogens is 5. The molecule has 1 atom stereocenters. The first-order valence-electron chi connectivity index (χ1n) is 9.79. The minimum atomic E-state index is -0.566. The fraction of sp³-hybridized carbons (Fsp3) is 0.0870. The van der Waals surface area contributed by atoms with Gasteiger partial charge in [0.2, 0.25) is 5.91 Å². The molecule has 2 heterocycles. The summed E-state index contributed by atoms with van der Waals surface area (Å²) in [5, 5.41) is 15.3. The Kier molecular flexibility index (Phi) is 5.20. The highest BCUT2D eigenvalue weighted by Crippen LogP contribution is 2.31. The van der Waals surface area contributed by atoms with Crippen molar-refractivity contribution in [2.45, 2.75) is 12.5 Å². The van der Waals surface area contributed by atoms with E-state index >= 15 is 0 Å². The lowest BCUT2D eigenvalue weighted by atomic mass is 10.1. The number of hydrogen-bond donors (Lipinski definition) is 1. The zero-order valence-corrected chi connectivity index (χ0v) is 17.2. The average molecular weight is 427 g/mol. The topological polar surface area (TPSA) is 85.6 Å². The van der Waals surface area contributed by atoms with Gasteiger partial charge in [-0.15, -0.1) is 16.4 Å². The second kappa shape index (κ2) is 8.45. The SMILES string of the molecule is O=C(Nc1cccc(-c2nc3ccccc3s2)c1)C(Cc1ccccc1)n1cnnn1. The van der Waals surface area contributed by atoms with Gasteiger partial charge < -0.3 is 5.32 Å². The molecule has 0 aliphatic heterocycles. The summed E-state index contributed by atoms with van der Waals surface area (Å²) in [4.78, 5) is 17.9. The molecule has 7 nitrogen and oxygen atoms in total. The van der Waals surface area contributed by atoms with Gasteiger partial charge in [0.1, 0.15) is 17.4 Å². The van der Waals surface area contributed by atoms with Crippen LogP contribution in [0.25, 0.3) is 20.8 Å². The zero-order valence-electron chi connectivity index (χ0n) is 16.4. The van der Waals surface area contributed by atoms with Crippen LogP contribution in [0, 0.1) is 0 Å². The lowest BCUT2D eigenvalue weighted by molar-refractivity contribution is -0.119. The second-order valence-electron chi connectivity index (χ2n) is 7.05. The molecule has 5 aromatic rings. The van der Waals surface area contributed by atoms with Crippen LogP contribution in [-0.4, -0.2) is 31.1 Å². The Labute approximate surface area is 182 Å². The van der Waals surface area contributed by atoms with Gasteiger partial charge >= 0.3 is 0 Å². The van der Waals surface area contributed by atoms with Crippen LogP contribution < -0.4 is 5.32 Å². The highest BCUT2D eigenvalue weighted by molar-refractivity contribution is 7.21. The van der Waals surface area contributed by atoms with E-state index in [2.05, 4.69) is 26.9 Å². The molecule has 2 aromatic heterocycles. The molecule has 1 amide bonds. The van der Waals surface area contributed by atoms with Crippen molar-refractivity contribution >= 4 is 33.1 Å². The van der Waals surface area contributed by atoms with Gasteiger partial charge in [0.05, 0.1) is 10.2 Å². The van der Waals surface area contributed by atoms with Crippen molar-refractivity contribution in [3.05, 3.63) is 90.8 Å². The van der Waals surface area contributed by atoms with E-state index in [0.717, 1.165) is 26.4 Å². The zero-order chi connectivity index (χ0) is 21.0. The molecule has 152 valence electrons. The highest BCUT2D eigenvalue weighted by atomic mass is 32.1. The Morgan fingerprint density at radius 1 is 1.00 bits per heavy atom. The maximum absolute atomic E-state index is 13.2. The molecule has 1 N–H and O–H groups in total. The van der Waals surface area contributed by atoms with E-state index in [1.807, 2.05) is 72.8 Å². The van der Waals surface area contributed by atoms with Gasteiger partial charge in [-0.05, 0) is 40.3 Å². The molecular weight excluding hydrogens is 408 g/mol. The number of fused-ring (bicyclic) bond motifs is 1. The van der Waals surface area contributed by atoms with E-state index in [0.29, 0.717) is 12.1 Å². The van der Waals surface area contributed by atoms with Crippen molar-refractivity contribution in [1.82, 2.24) is 25.2 Å². The maximum atomic E-state index is 13.2. The lowest BCUT2D eigenvalue weighted by Gasteiger charge is -2.16. The monoisotopic (exact) mass is 426 g/mol. The van der Waals surface area contributed by atoms with E-state index in [1.54, 1.807) is 11.3 Å². The van der Waals surface area contributed by atoms with Crippen LogP contribution in [0.1, 0.15) is 11.6 Å². The molecule has 0 saturated carbocycles. The Hall–Kier alpha value is -3.91. The van der Waals surface area contributed by atoms with Crippen LogP contribution in [0.3, 0.4) is 0 Å². The fourth-order valence-corrected chi connectivity index (χ4v) is 4.37. The molecule has 0 saturated heterocycles. The lowest BCUT2D eigenvalue weighted by Crippen LogP contribution is -2.28. The van der Waals surface area contributed by atoms with Gasteiger partial charge in [-0.2, -0.15) is 0 Å². The van der Waals surface area contributed by atoms with Crippen LogP contribution in [0.2, 0.25) is 0 Å². The molecule has 0 radical (unpaired) electrons. The van der Waals surface area contributed by atoms with Crippen LogP contribution in [0.4, 0.5) is 5.69 Å². The Morgan fingerprint density at radius 2 is 1.84 bits per heavy atom. The number of benzene rings is 3. The summed E-state index contributed by atoms with van der Waals surface area (Å²) >= 11 is 1.63. The number of amides is 1. The minimum absolute atomic E-state index is 0.183. The molecule has 8 heteroatoms. The molecular formula is C23H18N6OS. The van der Waals surface area contributed by atoms with Gasteiger partial charge in [0.25, 0.3) is 0 Å². The number of hydrogen-bond acceptors (Lipinski definition) is 6. The van der Waals surface area contributed by atoms with E-state index in [9.17, 15) is 4.79 Å². The molecule has 1 unspecified atom stereocenters. The Morgan fingerprint density at radius 3 is 2.65 bits per heavy atom. The molecule has 31 heavy (non-hydrogen) atoms. The number of nitrogens with one attached hydrogen (secondary N) is 1. The van der Waals surface area contributed by atoms with Crippen LogP contribution in [0.5, 0.6) is 0 Å². The number of thiazole rings is 1. The summed E-state index contributed by atoms with van der Waals surface area (Å²) in [7, 11) is 0. The van der Waals surface area contributed by atoms with Crippen molar-refractivity contribution in [1.29, 1.82) is 0 Å². The molecule has 0 spiro atoms. The Balaban J connectivity index is 1.40. The molecule has 0 fully saturated rings. The molecule has 0 aliphatic carbocycles.